The monoisotopic (exact) mass is 312 g/mol. The molecular formula is C15H21FN2O2S. The molecule has 3 N–H and O–H groups in total. The Morgan fingerprint density at radius 3 is 2.71 bits per heavy atom. The molecule has 1 aromatic rings. The van der Waals surface area contributed by atoms with Gasteiger partial charge in [-0.25, -0.2) is 17.5 Å². The fraction of sp³-hybridized carbons (Fsp3) is 0.467. The molecule has 0 aliphatic rings. The van der Waals surface area contributed by atoms with Crippen LogP contribution in [0.3, 0.4) is 0 Å². The summed E-state index contributed by atoms with van der Waals surface area (Å²) in [5, 5.41) is 0. The maximum atomic E-state index is 13.2. The lowest BCUT2D eigenvalue weighted by Crippen LogP contribution is -2.25. The van der Waals surface area contributed by atoms with Gasteiger partial charge in [-0.1, -0.05) is 38.0 Å². The Balaban J connectivity index is 2.87. The van der Waals surface area contributed by atoms with Gasteiger partial charge >= 0.3 is 0 Å². The molecule has 0 bridgehead atoms. The number of sulfonamides is 1. The molecule has 21 heavy (non-hydrogen) atoms. The molecule has 0 saturated carbocycles. The van der Waals surface area contributed by atoms with Crippen molar-refractivity contribution in [2.45, 2.75) is 37.5 Å². The minimum absolute atomic E-state index is 0.0136. The van der Waals surface area contributed by atoms with Crippen LogP contribution < -0.4 is 10.5 Å². The van der Waals surface area contributed by atoms with E-state index in [4.69, 9.17) is 5.73 Å². The van der Waals surface area contributed by atoms with Crippen LogP contribution in [0.1, 0.15) is 38.2 Å². The first-order valence-corrected chi connectivity index (χ1v) is 8.47. The number of hydrogen-bond donors (Lipinski definition) is 2. The van der Waals surface area contributed by atoms with Crippen LogP contribution in [0, 0.1) is 17.7 Å². The Morgan fingerprint density at radius 2 is 2.05 bits per heavy atom. The van der Waals surface area contributed by atoms with Gasteiger partial charge in [0.15, 0.2) is 0 Å². The van der Waals surface area contributed by atoms with Gasteiger partial charge in [0.1, 0.15) is 5.82 Å². The smallest absolute Gasteiger partial charge is 0.241 e. The van der Waals surface area contributed by atoms with Gasteiger partial charge in [-0.15, -0.1) is 0 Å². The third kappa shape index (κ3) is 5.84. The van der Waals surface area contributed by atoms with Gasteiger partial charge in [-0.2, -0.15) is 0 Å². The van der Waals surface area contributed by atoms with Crippen LogP contribution in [-0.4, -0.2) is 21.5 Å². The van der Waals surface area contributed by atoms with Crippen molar-refractivity contribution < 1.29 is 12.8 Å². The number of nitrogens with one attached hydrogen (secondary N) is 1. The Morgan fingerprint density at radius 1 is 1.29 bits per heavy atom. The standard InChI is InChI=1S/C15H21FN2O2S/c1-2-3-4-5-11-18-21(19,20)15-9-8-14(16)12-13(15)7-6-10-17/h8-9,12,18H,2-5,10-11,17H2,1H3. The highest BCUT2D eigenvalue weighted by molar-refractivity contribution is 7.89. The molecule has 1 aromatic carbocycles. The van der Waals surface area contributed by atoms with Crippen LogP contribution >= 0.6 is 0 Å². The number of benzene rings is 1. The minimum atomic E-state index is -3.69. The van der Waals surface area contributed by atoms with E-state index in [9.17, 15) is 12.8 Å². The van der Waals surface area contributed by atoms with E-state index in [1.54, 1.807) is 0 Å². The van der Waals surface area contributed by atoms with Crippen molar-refractivity contribution in [3.63, 3.8) is 0 Å². The van der Waals surface area contributed by atoms with E-state index < -0.39 is 15.8 Å². The van der Waals surface area contributed by atoms with Gasteiger partial charge in [0.05, 0.1) is 11.4 Å². The number of halogens is 1. The summed E-state index contributed by atoms with van der Waals surface area (Å²) in [5.41, 5.74) is 5.39. The van der Waals surface area contributed by atoms with Gasteiger partial charge in [-0.3, -0.25) is 0 Å². The quantitative estimate of drug-likeness (QED) is 0.597. The van der Waals surface area contributed by atoms with Gasteiger partial charge < -0.3 is 5.73 Å². The number of rotatable bonds is 7. The predicted octanol–water partition coefficient (Wildman–Crippen LogP) is 1.99. The fourth-order valence-electron chi connectivity index (χ4n) is 1.82. The molecule has 6 heteroatoms. The Bertz CT molecular complexity index is 618. The van der Waals surface area contributed by atoms with Gasteiger partial charge in [0, 0.05) is 12.1 Å². The van der Waals surface area contributed by atoms with E-state index in [1.165, 1.54) is 6.07 Å². The summed E-state index contributed by atoms with van der Waals surface area (Å²) < 4.78 is 40.2. The van der Waals surface area contributed by atoms with E-state index >= 15 is 0 Å². The molecule has 0 radical (unpaired) electrons. The molecule has 0 atom stereocenters. The average Bonchev–Trinajstić information content (AvgIpc) is 2.44. The normalized spacial score (nSPS) is 11.0. The van der Waals surface area contributed by atoms with Crippen LogP contribution in [0.25, 0.3) is 0 Å². The van der Waals surface area contributed by atoms with Gasteiger partial charge in [0.25, 0.3) is 0 Å². The highest BCUT2D eigenvalue weighted by Gasteiger charge is 2.17. The van der Waals surface area contributed by atoms with E-state index in [2.05, 4.69) is 23.5 Å². The molecule has 1 rings (SSSR count). The predicted molar refractivity (Wildman–Crippen MR) is 81.7 cm³/mol. The fourth-order valence-corrected chi connectivity index (χ4v) is 3.03. The summed E-state index contributed by atoms with van der Waals surface area (Å²) in [4.78, 5) is -0.0136. The van der Waals surface area contributed by atoms with Crippen LogP contribution in [0.4, 0.5) is 4.39 Å². The minimum Gasteiger partial charge on any atom is -0.320 e. The zero-order valence-corrected chi connectivity index (χ0v) is 13.0. The van der Waals surface area contributed by atoms with E-state index in [0.717, 1.165) is 37.8 Å². The van der Waals surface area contributed by atoms with Crippen LogP contribution in [0.2, 0.25) is 0 Å². The summed E-state index contributed by atoms with van der Waals surface area (Å²) in [7, 11) is -3.69. The Labute approximate surface area is 126 Å². The number of hydrogen-bond acceptors (Lipinski definition) is 3. The molecule has 0 spiro atoms. The Hall–Kier alpha value is -1.42. The first-order chi connectivity index (χ1) is 10.0. The molecule has 0 aliphatic carbocycles. The van der Waals surface area contributed by atoms with Crippen molar-refractivity contribution in [2.75, 3.05) is 13.1 Å². The lowest BCUT2D eigenvalue weighted by molar-refractivity contribution is 0.572. The SMILES string of the molecule is CCCCCCNS(=O)(=O)c1ccc(F)cc1C#CCN. The van der Waals surface area contributed by atoms with Crippen LogP contribution in [-0.2, 0) is 10.0 Å². The summed E-state index contributed by atoms with van der Waals surface area (Å²) in [6, 6.07) is 3.44. The van der Waals surface area contributed by atoms with E-state index in [0.29, 0.717) is 6.54 Å². The van der Waals surface area contributed by atoms with Crippen molar-refractivity contribution >= 4 is 10.0 Å². The highest BCUT2D eigenvalue weighted by atomic mass is 32.2. The van der Waals surface area contributed by atoms with Crippen molar-refractivity contribution in [3.05, 3.63) is 29.6 Å². The van der Waals surface area contributed by atoms with Crippen LogP contribution in [0.5, 0.6) is 0 Å². The average molecular weight is 312 g/mol. The van der Waals surface area contributed by atoms with Crippen molar-refractivity contribution in [3.8, 4) is 11.8 Å². The lowest BCUT2D eigenvalue weighted by Gasteiger charge is -2.08. The maximum absolute atomic E-state index is 13.2. The molecule has 0 heterocycles. The molecule has 0 unspecified atom stereocenters. The molecule has 0 aliphatic heterocycles. The zero-order valence-electron chi connectivity index (χ0n) is 12.2. The topological polar surface area (TPSA) is 72.2 Å². The van der Waals surface area contributed by atoms with Crippen LogP contribution in [0.15, 0.2) is 23.1 Å². The molecule has 0 saturated heterocycles. The van der Waals surface area contributed by atoms with Gasteiger partial charge in [0.2, 0.25) is 10.0 Å². The summed E-state index contributed by atoms with van der Waals surface area (Å²) in [6.45, 7) is 2.54. The lowest BCUT2D eigenvalue weighted by atomic mass is 10.2. The van der Waals surface area contributed by atoms with Crippen molar-refractivity contribution in [1.82, 2.24) is 4.72 Å². The second-order valence-electron chi connectivity index (χ2n) is 4.60. The Kier molecular flexibility index (Phi) is 7.37. The summed E-state index contributed by atoms with van der Waals surface area (Å²) in [5.74, 6) is 4.61. The second-order valence-corrected chi connectivity index (χ2v) is 6.34. The first kappa shape index (κ1) is 17.6. The molecule has 4 nitrogen and oxygen atoms in total. The molecule has 0 fully saturated rings. The largest absolute Gasteiger partial charge is 0.320 e. The summed E-state index contributed by atoms with van der Waals surface area (Å²) in [6.07, 6.45) is 3.91. The zero-order chi connectivity index (χ0) is 15.7. The molecule has 0 aromatic heterocycles. The molecule has 0 amide bonds. The molecular weight excluding hydrogens is 291 g/mol. The van der Waals surface area contributed by atoms with Gasteiger partial charge in [-0.05, 0) is 24.6 Å². The third-order valence-corrected chi connectivity index (χ3v) is 4.40. The van der Waals surface area contributed by atoms with E-state index in [1.807, 2.05) is 0 Å². The molecule has 116 valence electrons. The number of nitrogens with two attached hydrogens (primary N) is 1. The first-order valence-electron chi connectivity index (χ1n) is 6.99. The number of unbranched alkanes of at least 4 members (excludes halogenated alkanes) is 3. The summed E-state index contributed by atoms with van der Waals surface area (Å²) >= 11 is 0. The maximum Gasteiger partial charge on any atom is 0.241 e. The second kappa shape index (κ2) is 8.78. The van der Waals surface area contributed by atoms with Crippen molar-refractivity contribution in [1.29, 1.82) is 0 Å². The van der Waals surface area contributed by atoms with E-state index in [-0.39, 0.29) is 17.0 Å². The highest BCUT2D eigenvalue weighted by Crippen LogP contribution is 2.16. The third-order valence-electron chi connectivity index (χ3n) is 2.88. The van der Waals surface area contributed by atoms with Crippen molar-refractivity contribution in [2.24, 2.45) is 5.73 Å².